The zero-order valence-corrected chi connectivity index (χ0v) is 20.2. The molecule has 0 radical (unpaired) electrons. The number of hydrogen-bond acceptors (Lipinski definition) is 2. The van der Waals surface area contributed by atoms with Gasteiger partial charge in [-0.1, -0.05) is 68.4 Å². The molecule has 1 atom stereocenters. The van der Waals surface area contributed by atoms with Crippen molar-refractivity contribution in [3.05, 3.63) is 71.3 Å². The van der Waals surface area contributed by atoms with Gasteiger partial charge in [-0.15, -0.1) is 0 Å². The Morgan fingerprint density at radius 3 is 2.00 bits per heavy atom. The van der Waals surface area contributed by atoms with Crippen LogP contribution in [0.15, 0.2) is 54.6 Å². The van der Waals surface area contributed by atoms with Crippen molar-refractivity contribution in [3.8, 4) is 6.07 Å². The molecule has 1 unspecified atom stereocenters. The molecule has 2 aromatic carbocycles. The van der Waals surface area contributed by atoms with E-state index in [0.29, 0.717) is 11.6 Å². The summed E-state index contributed by atoms with van der Waals surface area (Å²) >= 11 is 0. The van der Waals surface area contributed by atoms with Crippen LogP contribution >= 0.6 is 0 Å². The predicted octanol–water partition coefficient (Wildman–Crippen LogP) is 7.48. The minimum absolute atomic E-state index is 0.223. The van der Waals surface area contributed by atoms with Crippen molar-refractivity contribution >= 4 is 0 Å². The van der Waals surface area contributed by atoms with E-state index in [2.05, 4.69) is 43.0 Å². The molecule has 0 N–H and O–H groups in total. The number of hydrogen-bond donors (Lipinski definition) is 0. The van der Waals surface area contributed by atoms with Gasteiger partial charge in [-0.25, -0.2) is 0 Å². The monoisotopic (exact) mass is 458 g/mol. The Labute approximate surface area is 197 Å². The van der Waals surface area contributed by atoms with Crippen molar-refractivity contribution in [3.63, 3.8) is 0 Å². The Bertz CT molecular complexity index is 849. The quantitative estimate of drug-likeness (QED) is 0.349. The molecule has 2 aromatic rings. The van der Waals surface area contributed by atoms with Gasteiger partial charge in [-0.3, -0.25) is 0 Å². The lowest BCUT2D eigenvalue weighted by atomic mass is 9.93. The first-order valence-corrected chi connectivity index (χ1v) is 12.1. The summed E-state index contributed by atoms with van der Waals surface area (Å²) in [5.74, 6) is 0. The third kappa shape index (κ3) is 7.61. The highest BCUT2D eigenvalue weighted by molar-refractivity contribution is 5.35. The largest absolute Gasteiger partial charge is 0.398 e. The van der Waals surface area contributed by atoms with Crippen LogP contribution in [0.25, 0.3) is 0 Å². The summed E-state index contributed by atoms with van der Waals surface area (Å²) in [6.45, 7) is 8.01. The second-order valence-electron chi connectivity index (χ2n) is 8.87. The molecule has 1 aliphatic carbocycles. The van der Waals surface area contributed by atoms with Crippen molar-refractivity contribution in [2.24, 2.45) is 0 Å². The maximum absolute atomic E-state index is 13.3. The average Bonchev–Trinajstić information content (AvgIpc) is 3.62. The molecule has 0 heterocycles. The number of rotatable bonds is 11. The summed E-state index contributed by atoms with van der Waals surface area (Å²) < 4.78 is 40.0. The van der Waals surface area contributed by atoms with Gasteiger partial charge in [0, 0.05) is 19.5 Å². The summed E-state index contributed by atoms with van der Waals surface area (Å²) in [4.78, 5) is 2.59. The summed E-state index contributed by atoms with van der Waals surface area (Å²) in [6, 6.07) is 20.1. The molecule has 1 saturated carbocycles. The van der Waals surface area contributed by atoms with E-state index in [1.54, 1.807) is 18.2 Å². The van der Waals surface area contributed by atoms with Crippen molar-refractivity contribution in [2.75, 3.05) is 13.1 Å². The SMILES string of the molecule is CC#N.CCCN(CCc1ccccc1)C(CC)CCc1ccc(C2(C(F)(F)F)CC2)cc1. The van der Waals surface area contributed by atoms with Crippen LogP contribution in [0.3, 0.4) is 0 Å². The highest BCUT2D eigenvalue weighted by Gasteiger charge is 2.64. The fourth-order valence-electron chi connectivity index (χ4n) is 4.51. The summed E-state index contributed by atoms with van der Waals surface area (Å²) in [5.41, 5.74) is 1.35. The predicted molar refractivity (Wildman–Crippen MR) is 129 cm³/mol. The van der Waals surface area contributed by atoms with Gasteiger partial charge in [0.15, 0.2) is 0 Å². The molecule has 1 aliphatic rings. The van der Waals surface area contributed by atoms with Crippen LogP contribution in [0.2, 0.25) is 0 Å². The second kappa shape index (κ2) is 12.8. The summed E-state index contributed by atoms with van der Waals surface area (Å²) in [7, 11) is 0. The fraction of sp³-hybridized carbons (Fsp3) is 0.536. The van der Waals surface area contributed by atoms with Crippen LogP contribution in [0.1, 0.15) is 69.6 Å². The maximum Gasteiger partial charge on any atom is 0.398 e. The Balaban J connectivity index is 0.00000122. The van der Waals surface area contributed by atoms with Gasteiger partial charge in [0.1, 0.15) is 0 Å². The van der Waals surface area contributed by atoms with Crippen molar-refractivity contribution in [1.29, 1.82) is 5.26 Å². The first kappa shape index (κ1) is 26.9. The van der Waals surface area contributed by atoms with Crippen LogP contribution in [0.4, 0.5) is 13.2 Å². The smallest absolute Gasteiger partial charge is 0.300 e. The lowest BCUT2D eigenvalue weighted by Gasteiger charge is -2.31. The molecule has 0 bridgehead atoms. The van der Waals surface area contributed by atoms with E-state index < -0.39 is 11.6 Å². The average molecular weight is 459 g/mol. The van der Waals surface area contributed by atoms with Gasteiger partial charge in [0.25, 0.3) is 0 Å². The van der Waals surface area contributed by atoms with E-state index in [1.807, 2.05) is 18.2 Å². The molecule has 0 spiro atoms. The molecule has 0 amide bonds. The van der Waals surface area contributed by atoms with Crippen molar-refractivity contribution < 1.29 is 13.2 Å². The second-order valence-corrected chi connectivity index (χ2v) is 8.87. The zero-order chi connectivity index (χ0) is 24.3. The normalized spacial score (nSPS) is 15.3. The van der Waals surface area contributed by atoms with Gasteiger partial charge in [0.2, 0.25) is 0 Å². The van der Waals surface area contributed by atoms with Crippen molar-refractivity contribution in [1.82, 2.24) is 4.90 Å². The third-order valence-corrected chi connectivity index (χ3v) is 6.59. The molecule has 2 nitrogen and oxygen atoms in total. The highest BCUT2D eigenvalue weighted by atomic mass is 19.4. The zero-order valence-electron chi connectivity index (χ0n) is 20.2. The minimum atomic E-state index is -4.14. The van der Waals surface area contributed by atoms with E-state index in [0.717, 1.165) is 50.8 Å². The summed E-state index contributed by atoms with van der Waals surface area (Å²) in [5, 5.41) is 7.32. The molecule has 0 aliphatic heterocycles. The first-order chi connectivity index (χ1) is 15.8. The Morgan fingerprint density at radius 2 is 1.52 bits per heavy atom. The van der Waals surface area contributed by atoms with Crippen molar-refractivity contribution in [2.45, 2.75) is 83.4 Å². The lowest BCUT2D eigenvalue weighted by molar-refractivity contribution is -0.160. The number of nitriles is 1. The summed E-state index contributed by atoms with van der Waals surface area (Å²) in [6.07, 6.45) is 1.51. The number of halogens is 3. The maximum atomic E-state index is 13.3. The third-order valence-electron chi connectivity index (χ3n) is 6.59. The number of alkyl halides is 3. The van der Waals surface area contributed by atoms with Gasteiger partial charge in [-0.05, 0) is 68.2 Å². The van der Waals surface area contributed by atoms with Gasteiger partial charge >= 0.3 is 6.18 Å². The van der Waals surface area contributed by atoms with E-state index >= 15 is 0 Å². The van der Waals surface area contributed by atoms with Gasteiger partial charge in [0.05, 0.1) is 11.5 Å². The van der Waals surface area contributed by atoms with E-state index in [9.17, 15) is 13.2 Å². The number of benzene rings is 2. The molecule has 0 saturated heterocycles. The minimum Gasteiger partial charge on any atom is -0.300 e. The molecular weight excluding hydrogens is 421 g/mol. The molecule has 0 aromatic heterocycles. The number of nitrogens with zero attached hydrogens (tertiary/aromatic N) is 2. The molecule has 1 fully saturated rings. The van der Waals surface area contributed by atoms with E-state index in [1.165, 1.54) is 12.5 Å². The molecular formula is C28H37F3N2. The fourth-order valence-corrected chi connectivity index (χ4v) is 4.51. The van der Waals surface area contributed by atoms with Crippen LogP contribution < -0.4 is 0 Å². The van der Waals surface area contributed by atoms with Crippen LogP contribution in [0, 0.1) is 11.3 Å². The first-order valence-electron chi connectivity index (χ1n) is 12.1. The van der Waals surface area contributed by atoms with Gasteiger partial charge in [-0.2, -0.15) is 18.4 Å². The Morgan fingerprint density at radius 1 is 0.939 bits per heavy atom. The lowest BCUT2D eigenvalue weighted by Crippen LogP contribution is -2.37. The molecule has 33 heavy (non-hydrogen) atoms. The van der Waals surface area contributed by atoms with Crippen LogP contribution in [-0.4, -0.2) is 30.2 Å². The molecule has 3 rings (SSSR count). The number of aryl methyl sites for hydroxylation is 1. The van der Waals surface area contributed by atoms with E-state index in [-0.39, 0.29) is 12.8 Å². The topological polar surface area (TPSA) is 27.0 Å². The Kier molecular flexibility index (Phi) is 10.4. The van der Waals surface area contributed by atoms with Gasteiger partial charge < -0.3 is 4.90 Å². The Hall–Kier alpha value is -2.32. The van der Waals surface area contributed by atoms with Crippen LogP contribution in [0.5, 0.6) is 0 Å². The van der Waals surface area contributed by atoms with E-state index in [4.69, 9.17) is 5.26 Å². The standard InChI is InChI=1S/C26H34F3N.C2H3N/c1-3-19-30(20-16-21-8-6-5-7-9-21)24(4-2)15-12-22-10-13-23(14-11-22)25(17-18-25)26(27,28)29;1-2-3/h5-11,13-14,24H,3-4,12,15-20H2,1-2H3;1H3. The van der Waals surface area contributed by atoms with Crippen LogP contribution in [-0.2, 0) is 18.3 Å². The molecule has 180 valence electrons. The highest BCUT2D eigenvalue weighted by Crippen LogP contribution is 2.58. The molecule has 5 heteroatoms.